The smallest absolute Gasteiger partial charge is 0.305 e. The fourth-order valence-corrected chi connectivity index (χ4v) is 2.09. The van der Waals surface area contributed by atoms with Crippen LogP contribution < -0.4 is 5.32 Å². The summed E-state index contributed by atoms with van der Waals surface area (Å²) in [6, 6.07) is 9.68. The first-order chi connectivity index (χ1) is 9.45. The Kier molecular flexibility index (Phi) is 6.18. The van der Waals surface area contributed by atoms with Gasteiger partial charge < -0.3 is 15.2 Å². The van der Waals surface area contributed by atoms with E-state index in [1.807, 2.05) is 30.3 Å². The standard InChI is InChI=1S/C15H21NO4/c1-15(11-20-2,10-14(18)19)16-13(17)9-8-12-6-4-3-5-7-12/h3-7H,8-11H2,1-2H3,(H,16,17)(H,18,19). The van der Waals surface area contributed by atoms with Crippen LogP contribution in [-0.2, 0) is 20.7 Å². The van der Waals surface area contributed by atoms with Crippen molar-refractivity contribution in [2.75, 3.05) is 13.7 Å². The number of carbonyl (C=O) groups is 2. The van der Waals surface area contributed by atoms with Gasteiger partial charge in [-0.1, -0.05) is 30.3 Å². The maximum absolute atomic E-state index is 11.9. The van der Waals surface area contributed by atoms with Crippen LogP contribution in [-0.4, -0.2) is 36.2 Å². The number of hydrogen-bond acceptors (Lipinski definition) is 3. The first-order valence-electron chi connectivity index (χ1n) is 6.51. The predicted octanol–water partition coefficient (Wildman–Crippen LogP) is 1.62. The number of rotatable bonds is 8. The van der Waals surface area contributed by atoms with Crippen molar-refractivity contribution < 1.29 is 19.4 Å². The Balaban J connectivity index is 2.51. The summed E-state index contributed by atoms with van der Waals surface area (Å²) >= 11 is 0. The molecule has 0 radical (unpaired) electrons. The second-order valence-electron chi connectivity index (χ2n) is 5.10. The molecule has 1 amide bonds. The molecular formula is C15H21NO4. The molecule has 5 nitrogen and oxygen atoms in total. The average Bonchev–Trinajstić information content (AvgIpc) is 2.36. The monoisotopic (exact) mass is 279 g/mol. The van der Waals surface area contributed by atoms with Gasteiger partial charge in [0.2, 0.25) is 5.91 Å². The van der Waals surface area contributed by atoms with Gasteiger partial charge >= 0.3 is 5.97 Å². The van der Waals surface area contributed by atoms with Crippen molar-refractivity contribution in [1.29, 1.82) is 0 Å². The zero-order valence-corrected chi connectivity index (χ0v) is 11.9. The number of amides is 1. The van der Waals surface area contributed by atoms with Crippen LogP contribution in [0.15, 0.2) is 30.3 Å². The number of methoxy groups -OCH3 is 1. The Bertz CT molecular complexity index is 446. The molecule has 2 N–H and O–H groups in total. The summed E-state index contributed by atoms with van der Waals surface area (Å²) < 4.78 is 4.99. The first kappa shape index (κ1) is 16.2. The lowest BCUT2D eigenvalue weighted by Gasteiger charge is -2.28. The van der Waals surface area contributed by atoms with Crippen molar-refractivity contribution in [3.05, 3.63) is 35.9 Å². The van der Waals surface area contributed by atoms with Crippen LogP contribution in [0, 0.1) is 0 Å². The summed E-state index contributed by atoms with van der Waals surface area (Å²) in [5.74, 6) is -1.14. The van der Waals surface area contributed by atoms with Crippen LogP contribution in [0.3, 0.4) is 0 Å². The molecule has 5 heteroatoms. The lowest BCUT2D eigenvalue weighted by atomic mass is 9.98. The minimum Gasteiger partial charge on any atom is -0.481 e. The van der Waals surface area contributed by atoms with Crippen LogP contribution in [0.2, 0.25) is 0 Å². The van der Waals surface area contributed by atoms with Gasteiger partial charge in [-0.3, -0.25) is 9.59 Å². The minimum atomic E-state index is -0.965. The molecule has 0 bridgehead atoms. The molecule has 1 aromatic rings. The Morgan fingerprint density at radius 1 is 1.30 bits per heavy atom. The maximum Gasteiger partial charge on any atom is 0.305 e. The number of carboxylic acids is 1. The fourth-order valence-electron chi connectivity index (χ4n) is 2.09. The van der Waals surface area contributed by atoms with Gasteiger partial charge in [-0.2, -0.15) is 0 Å². The number of carbonyl (C=O) groups excluding carboxylic acids is 1. The lowest BCUT2D eigenvalue weighted by Crippen LogP contribution is -2.50. The number of ether oxygens (including phenoxy) is 1. The van der Waals surface area contributed by atoms with Crippen molar-refractivity contribution in [2.24, 2.45) is 0 Å². The fraction of sp³-hybridized carbons (Fsp3) is 0.467. The molecule has 0 aliphatic carbocycles. The molecule has 0 aliphatic rings. The highest BCUT2D eigenvalue weighted by Gasteiger charge is 2.29. The third-order valence-electron chi connectivity index (χ3n) is 2.93. The highest BCUT2D eigenvalue weighted by molar-refractivity contribution is 5.78. The molecule has 1 aromatic carbocycles. The summed E-state index contributed by atoms with van der Waals surface area (Å²) in [7, 11) is 1.48. The van der Waals surface area contributed by atoms with Crippen LogP contribution in [0.25, 0.3) is 0 Å². The number of benzene rings is 1. The Labute approximate surface area is 118 Å². The SMILES string of the molecule is COCC(C)(CC(=O)O)NC(=O)CCc1ccccc1. The van der Waals surface area contributed by atoms with Gasteiger partial charge in [-0.05, 0) is 18.9 Å². The molecule has 1 rings (SSSR count). The Morgan fingerprint density at radius 3 is 2.50 bits per heavy atom. The van der Waals surface area contributed by atoms with E-state index in [0.29, 0.717) is 12.8 Å². The lowest BCUT2D eigenvalue weighted by molar-refractivity contribution is -0.139. The largest absolute Gasteiger partial charge is 0.481 e. The van der Waals surface area contributed by atoms with E-state index in [-0.39, 0.29) is 18.9 Å². The zero-order valence-electron chi connectivity index (χ0n) is 11.9. The quantitative estimate of drug-likeness (QED) is 0.758. The van der Waals surface area contributed by atoms with E-state index in [4.69, 9.17) is 9.84 Å². The zero-order chi connectivity index (χ0) is 15.0. The van der Waals surface area contributed by atoms with E-state index in [0.717, 1.165) is 5.56 Å². The van der Waals surface area contributed by atoms with E-state index in [9.17, 15) is 9.59 Å². The van der Waals surface area contributed by atoms with E-state index in [2.05, 4.69) is 5.32 Å². The summed E-state index contributed by atoms with van der Waals surface area (Å²) in [4.78, 5) is 22.8. The first-order valence-corrected chi connectivity index (χ1v) is 6.51. The molecular weight excluding hydrogens is 258 g/mol. The summed E-state index contributed by atoms with van der Waals surface area (Å²) in [6.07, 6.45) is 0.781. The number of aryl methyl sites for hydroxylation is 1. The van der Waals surface area contributed by atoms with E-state index >= 15 is 0 Å². The molecule has 0 aliphatic heterocycles. The van der Waals surface area contributed by atoms with Crippen LogP contribution in [0.5, 0.6) is 0 Å². The van der Waals surface area contributed by atoms with Crippen molar-refractivity contribution in [3.63, 3.8) is 0 Å². The van der Waals surface area contributed by atoms with Crippen LogP contribution in [0.4, 0.5) is 0 Å². The average molecular weight is 279 g/mol. The van der Waals surface area contributed by atoms with Crippen molar-refractivity contribution in [1.82, 2.24) is 5.32 Å². The third kappa shape index (κ3) is 5.84. The number of nitrogens with one attached hydrogen (secondary N) is 1. The number of aliphatic carboxylic acids is 1. The second kappa shape index (κ2) is 7.65. The summed E-state index contributed by atoms with van der Waals surface area (Å²) in [5, 5.41) is 11.6. The van der Waals surface area contributed by atoms with Crippen molar-refractivity contribution in [2.45, 2.75) is 31.7 Å². The second-order valence-corrected chi connectivity index (χ2v) is 5.10. The van der Waals surface area contributed by atoms with Gasteiger partial charge in [0, 0.05) is 13.5 Å². The number of hydrogen-bond donors (Lipinski definition) is 2. The maximum atomic E-state index is 11.9. The molecule has 110 valence electrons. The Morgan fingerprint density at radius 2 is 1.95 bits per heavy atom. The predicted molar refractivity (Wildman–Crippen MR) is 75.4 cm³/mol. The molecule has 0 heterocycles. The number of carboxylic acid groups (broad SMARTS) is 1. The normalized spacial score (nSPS) is 13.5. The molecule has 0 fully saturated rings. The van der Waals surface area contributed by atoms with Gasteiger partial charge in [-0.25, -0.2) is 0 Å². The molecule has 1 unspecified atom stereocenters. The van der Waals surface area contributed by atoms with Gasteiger partial charge in [0.05, 0.1) is 18.6 Å². The molecule has 0 spiro atoms. The van der Waals surface area contributed by atoms with Crippen LogP contribution in [0.1, 0.15) is 25.3 Å². The molecule has 0 saturated carbocycles. The third-order valence-corrected chi connectivity index (χ3v) is 2.93. The van der Waals surface area contributed by atoms with Crippen molar-refractivity contribution in [3.8, 4) is 0 Å². The van der Waals surface area contributed by atoms with Gasteiger partial charge in [-0.15, -0.1) is 0 Å². The van der Waals surface area contributed by atoms with E-state index in [1.165, 1.54) is 7.11 Å². The molecule has 1 atom stereocenters. The van der Waals surface area contributed by atoms with Crippen molar-refractivity contribution >= 4 is 11.9 Å². The summed E-state index contributed by atoms with van der Waals surface area (Å²) in [5.41, 5.74) is 0.197. The Hall–Kier alpha value is -1.88. The van der Waals surface area contributed by atoms with Gasteiger partial charge in [0.25, 0.3) is 0 Å². The topological polar surface area (TPSA) is 75.6 Å². The molecule has 0 aromatic heterocycles. The molecule has 0 saturated heterocycles. The highest BCUT2D eigenvalue weighted by Crippen LogP contribution is 2.11. The highest BCUT2D eigenvalue weighted by atomic mass is 16.5. The van der Waals surface area contributed by atoms with Gasteiger partial charge in [0.1, 0.15) is 0 Å². The van der Waals surface area contributed by atoms with Crippen LogP contribution >= 0.6 is 0 Å². The van der Waals surface area contributed by atoms with E-state index in [1.54, 1.807) is 6.92 Å². The minimum absolute atomic E-state index is 0.163. The molecule has 20 heavy (non-hydrogen) atoms. The van der Waals surface area contributed by atoms with Gasteiger partial charge in [0.15, 0.2) is 0 Å². The van der Waals surface area contributed by atoms with E-state index < -0.39 is 11.5 Å². The summed E-state index contributed by atoms with van der Waals surface area (Å²) in [6.45, 7) is 1.83.